The predicted molar refractivity (Wildman–Crippen MR) is 93.7 cm³/mol. The van der Waals surface area contributed by atoms with Crippen LogP contribution in [0.2, 0.25) is 0 Å². The molecule has 0 aliphatic carbocycles. The molecule has 1 aromatic heterocycles. The average Bonchev–Trinajstić information content (AvgIpc) is 2.62. The van der Waals surface area contributed by atoms with E-state index in [4.69, 9.17) is 4.74 Å². The molecule has 0 amide bonds. The summed E-state index contributed by atoms with van der Waals surface area (Å²) in [5, 5.41) is 2.33. The number of nitrogens with zero attached hydrogens (tertiary/aromatic N) is 1. The first-order chi connectivity index (χ1) is 11.4. The Hall–Kier alpha value is -3.13. The minimum absolute atomic E-state index is 0.809. The van der Waals surface area contributed by atoms with E-state index in [9.17, 15) is 0 Å². The number of para-hydroxylation sites is 1. The molecule has 0 atom stereocenters. The standard InChI is InChI=1S/C21H15NO/c1-2-9-18(10-3-1)23-19-11-6-8-17(15-19)21-20-12-5-4-7-16(20)13-14-22-21/h1-15H. The van der Waals surface area contributed by atoms with Crippen molar-refractivity contribution in [2.45, 2.75) is 0 Å². The van der Waals surface area contributed by atoms with E-state index in [2.05, 4.69) is 23.2 Å². The molecule has 3 aromatic carbocycles. The van der Waals surface area contributed by atoms with Crippen LogP contribution >= 0.6 is 0 Å². The summed E-state index contributed by atoms with van der Waals surface area (Å²) in [4.78, 5) is 4.57. The first-order valence-electron chi connectivity index (χ1n) is 7.57. The highest BCUT2D eigenvalue weighted by Crippen LogP contribution is 2.30. The van der Waals surface area contributed by atoms with Crippen molar-refractivity contribution >= 4 is 10.8 Å². The Morgan fingerprint density at radius 1 is 0.652 bits per heavy atom. The molecule has 0 bridgehead atoms. The first-order valence-corrected chi connectivity index (χ1v) is 7.57. The number of pyridine rings is 1. The summed E-state index contributed by atoms with van der Waals surface area (Å²) in [5.74, 6) is 1.64. The zero-order chi connectivity index (χ0) is 15.5. The van der Waals surface area contributed by atoms with Crippen LogP contribution in [0, 0.1) is 0 Å². The van der Waals surface area contributed by atoms with E-state index in [0.29, 0.717) is 0 Å². The molecular formula is C21H15NO. The second kappa shape index (κ2) is 5.93. The number of fused-ring (bicyclic) bond motifs is 1. The molecule has 0 fully saturated rings. The SMILES string of the molecule is c1ccc(Oc2cccc(-c3nccc4ccccc34)c2)cc1. The molecule has 0 aliphatic heterocycles. The van der Waals surface area contributed by atoms with E-state index in [-0.39, 0.29) is 0 Å². The highest BCUT2D eigenvalue weighted by atomic mass is 16.5. The summed E-state index contributed by atoms with van der Waals surface area (Å²) in [6, 6.07) is 28.2. The lowest BCUT2D eigenvalue weighted by molar-refractivity contribution is 0.483. The molecule has 0 aliphatic rings. The highest BCUT2D eigenvalue weighted by molar-refractivity contribution is 5.94. The maximum absolute atomic E-state index is 5.92. The largest absolute Gasteiger partial charge is 0.457 e. The fourth-order valence-corrected chi connectivity index (χ4v) is 2.68. The number of aromatic nitrogens is 1. The summed E-state index contributed by atoms with van der Waals surface area (Å²) in [5.41, 5.74) is 2.02. The zero-order valence-corrected chi connectivity index (χ0v) is 12.5. The Morgan fingerprint density at radius 3 is 2.35 bits per heavy atom. The van der Waals surface area contributed by atoms with Gasteiger partial charge < -0.3 is 4.74 Å². The molecule has 110 valence electrons. The first kappa shape index (κ1) is 13.5. The lowest BCUT2D eigenvalue weighted by Gasteiger charge is -2.09. The van der Waals surface area contributed by atoms with E-state index in [0.717, 1.165) is 28.1 Å². The van der Waals surface area contributed by atoms with Gasteiger partial charge in [-0.1, -0.05) is 54.6 Å². The molecule has 0 radical (unpaired) electrons. The molecule has 4 aromatic rings. The molecule has 4 rings (SSSR count). The van der Waals surface area contributed by atoms with E-state index in [1.54, 1.807) is 0 Å². The maximum atomic E-state index is 5.92. The number of benzene rings is 3. The molecule has 0 unspecified atom stereocenters. The number of ether oxygens (including phenoxy) is 1. The molecule has 0 spiro atoms. The summed E-state index contributed by atoms with van der Waals surface area (Å²) in [6.45, 7) is 0. The van der Waals surface area contributed by atoms with E-state index in [1.165, 1.54) is 5.39 Å². The lowest BCUT2D eigenvalue weighted by atomic mass is 10.0. The van der Waals surface area contributed by atoms with Gasteiger partial charge in [0, 0.05) is 17.1 Å². The van der Waals surface area contributed by atoms with Crippen LogP contribution in [0.25, 0.3) is 22.0 Å². The van der Waals surface area contributed by atoms with Crippen LogP contribution in [0.5, 0.6) is 11.5 Å². The Labute approximate surface area is 135 Å². The van der Waals surface area contributed by atoms with Crippen molar-refractivity contribution in [3.8, 4) is 22.8 Å². The van der Waals surface area contributed by atoms with Gasteiger partial charge in [-0.15, -0.1) is 0 Å². The van der Waals surface area contributed by atoms with Crippen molar-refractivity contribution < 1.29 is 4.74 Å². The van der Waals surface area contributed by atoms with Crippen molar-refractivity contribution in [2.24, 2.45) is 0 Å². The third-order valence-corrected chi connectivity index (χ3v) is 3.76. The van der Waals surface area contributed by atoms with Crippen LogP contribution in [0.4, 0.5) is 0 Å². The van der Waals surface area contributed by atoms with Crippen molar-refractivity contribution in [1.82, 2.24) is 4.98 Å². The fourth-order valence-electron chi connectivity index (χ4n) is 2.68. The summed E-state index contributed by atoms with van der Waals surface area (Å²) < 4.78 is 5.92. The van der Waals surface area contributed by atoms with Gasteiger partial charge >= 0.3 is 0 Å². The zero-order valence-electron chi connectivity index (χ0n) is 12.5. The Bertz CT molecular complexity index is 942. The fraction of sp³-hybridized carbons (Fsp3) is 0. The Morgan fingerprint density at radius 2 is 1.43 bits per heavy atom. The summed E-state index contributed by atoms with van der Waals surface area (Å²) in [6.07, 6.45) is 1.85. The number of rotatable bonds is 3. The van der Waals surface area contributed by atoms with Crippen LogP contribution in [0.15, 0.2) is 91.1 Å². The molecular weight excluding hydrogens is 282 g/mol. The van der Waals surface area contributed by atoms with Gasteiger partial charge in [0.15, 0.2) is 0 Å². The molecule has 0 saturated carbocycles. The van der Waals surface area contributed by atoms with Crippen molar-refractivity contribution in [3.63, 3.8) is 0 Å². The normalized spacial score (nSPS) is 10.6. The topological polar surface area (TPSA) is 22.1 Å². The average molecular weight is 297 g/mol. The van der Waals surface area contributed by atoms with E-state index >= 15 is 0 Å². The summed E-state index contributed by atoms with van der Waals surface area (Å²) >= 11 is 0. The minimum atomic E-state index is 0.809. The summed E-state index contributed by atoms with van der Waals surface area (Å²) in [7, 11) is 0. The molecule has 1 heterocycles. The third-order valence-electron chi connectivity index (χ3n) is 3.76. The number of hydrogen-bond donors (Lipinski definition) is 0. The molecule has 2 nitrogen and oxygen atoms in total. The van der Waals surface area contributed by atoms with Gasteiger partial charge in [0.2, 0.25) is 0 Å². The molecule has 2 heteroatoms. The predicted octanol–water partition coefficient (Wildman–Crippen LogP) is 5.69. The minimum Gasteiger partial charge on any atom is -0.457 e. The third kappa shape index (κ3) is 2.79. The van der Waals surface area contributed by atoms with Crippen LogP contribution in [0.3, 0.4) is 0 Å². The van der Waals surface area contributed by atoms with Gasteiger partial charge in [-0.25, -0.2) is 0 Å². The second-order valence-electron chi connectivity index (χ2n) is 5.32. The van der Waals surface area contributed by atoms with Crippen LogP contribution in [-0.2, 0) is 0 Å². The lowest BCUT2D eigenvalue weighted by Crippen LogP contribution is -1.88. The number of hydrogen-bond acceptors (Lipinski definition) is 2. The van der Waals surface area contributed by atoms with Gasteiger partial charge in [0.05, 0.1) is 5.69 Å². The van der Waals surface area contributed by atoms with Gasteiger partial charge in [-0.3, -0.25) is 4.98 Å². The second-order valence-corrected chi connectivity index (χ2v) is 5.32. The van der Waals surface area contributed by atoms with Gasteiger partial charge in [-0.2, -0.15) is 0 Å². The molecule has 23 heavy (non-hydrogen) atoms. The van der Waals surface area contributed by atoms with E-state index in [1.807, 2.05) is 72.9 Å². The smallest absolute Gasteiger partial charge is 0.128 e. The van der Waals surface area contributed by atoms with Crippen molar-refractivity contribution in [1.29, 1.82) is 0 Å². The van der Waals surface area contributed by atoms with Crippen molar-refractivity contribution in [3.05, 3.63) is 91.1 Å². The Kier molecular flexibility index (Phi) is 3.49. The van der Waals surface area contributed by atoms with Crippen molar-refractivity contribution in [2.75, 3.05) is 0 Å². The van der Waals surface area contributed by atoms with E-state index < -0.39 is 0 Å². The van der Waals surface area contributed by atoms with Gasteiger partial charge in [-0.05, 0) is 35.7 Å². The Balaban J connectivity index is 1.76. The monoisotopic (exact) mass is 297 g/mol. The molecule has 0 N–H and O–H groups in total. The van der Waals surface area contributed by atoms with Gasteiger partial charge in [0.1, 0.15) is 11.5 Å². The van der Waals surface area contributed by atoms with Crippen LogP contribution < -0.4 is 4.74 Å². The van der Waals surface area contributed by atoms with Gasteiger partial charge in [0.25, 0.3) is 0 Å². The van der Waals surface area contributed by atoms with Crippen LogP contribution in [0.1, 0.15) is 0 Å². The molecule has 0 saturated heterocycles. The highest BCUT2D eigenvalue weighted by Gasteiger charge is 2.06. The maximum Gasteiger partial charge on any atom is 0.128 e. The quantitative estimate of drug-likeness (QED) is 0.484. The van der Waals surface area contributed by atoms with Crippen LogP contribution in [-0.4, -0.2) is 4.98 Å².